The monoisotopic (exact) mass is 374 g/mol. The zero-order chi connectivity index (χ0) is 19.2. The summed E-state index contributed by atoms with van der Waals surface area (Å²) in [6.45, 7) is 0. The van der Waals surface area contributed by atoms with E-state index < -0.39 is 0 Å². The van der Waals surface area contributed by atoms with Crippen LogP contribution in [0.4, 0.5) is 0 Å². The number of nitrogens with zero attached hydrogens (tertiary/aromatic N) is 2. The molecule has 0 saturated carbocycles. The molecule has 2 heterocycles. The van der Waals surface area contributed by atoms with E-state index in [0.717, 1.165) is 31.3 Å². The van der Waals surface area contributed by atoms with Crippen LogP contribution >= 0.6 is 0 Å². The van der Waals surface area contributed by atoms with Crippen molar-refractivity contribution in [3.63, 3.8) is 0 Å². The van der Waals surface area contributed by atoms with Crippen molar-refractivity contribution >= 4 is 40.9 Å². The van der Waals surface area contributed by atoms with Gasteiger partial charge in [-0.05, 0) is 60.6 Å². The molecule has 0 N–H and O–H groups in total. The molecular weight excluding hydrogens is 352 g/mol. The molecular formula is C27H22N2. The van der Waals surface area contributed by atoms with E-state index in [-0.39, 0.29) is 0 Å². The maximum absolute atomic E-state index is 5.06. The van der Waals surface area contributed by atoms with Crippen LogP contribution in [0.15, 0.2) is 60.7 Å². The van der Waals surface area contributed by atoms with Gasteiger partial charge in [0.15, 0.2) is 0 Å². The lowest BCUT2D eigenvalue weighted by Gasteiger charge is -2.17. The van der Waals surface area contributed by atoms with Gasteiger partial charge in [0.25, 0.3) is 0 Å². The van der Waals surface area contributed by atoms with Gasteiger partial charge in [0, 0.05) is 10.9 Å². The van der Waals surface area contributed by atoms with E-state index in [4.69, 9.17) is 4.98 Å². The predicted molar refractivity (Wildman–Crippen MR) is 123 cm³/mol. The van der Waals surface area contributed by atoms with E-state index in [1.165, 1.54) is 44.5 Å². The average Bonchev–Trinajstić information content (AvgIpc) is 3.18. The fraction of sp³-hybridized carbons (Fsp3) is 0.148. The van der Waals surface area contributed by atoms with Crippen molar-refractivity contribution in [2.75, 3.05) is 0 Å². The third-order valence-electron chi connectivity index (χ3n) is 6.08. The standard InChI is InChI=1S/C27H22N2/c1-2-8-19(9-3-1)14-15-20-16-17-25-23(18-20)21-10-4-5-11-22(21)27-28-24-12-6-7-13-26(24)29(25)27/h1-3,5,7-9,11,13-18H,4,6,10,12H2/b15-14+. The molecule has 2 aromatic heterocycles. The van der Waals surface area contributed by atoms with Crippen molar-refractivity contribution in [2.24, 2.45) is 0 Å². The topological polar surface area (TPSA) is 17.3 Å². The highest BCUT2D eigenvalue weighted by Gasteiger charge is 2.21. The van der Waals surface area contributed by atoms with Gasteiger partial charge in [-0.1, -0.05) is 66.8 Å². The molecule has 2 heteroatoms. The molecule has 2 nitrogen and oxygen atoms in total. The minimum absolute atomic E-state index is 1.03. The number of allylic oxidation sites excluding steroid dienone is 2. The largest absolute Gasteiger partial charge is 0.292 e. The summed E-state index contributed by atoms with van der Waals surface area (Å²) in [6.07, 6.45) is 17.8. The average molecular weight is 374 g/mol. The maximum atomic E-state index is 5.06. The SMILES string of the molecule is C1=Cc2c(nc3c4c(c5cc(/C=C/c6ccccc6)ccc5n23)CCC=C4)CC1. The highest BCUT2D eigenvalue weighted by molar-refractivity contribution is 5.94. The van der Waals surface area contributed by atoms with Crippen molar-refractivity contribution in [3.05, 3.63) is 94.3 Å². The van der Waals surface area contributed by atoms with Crippen LogP contribution < -0.4 is 0 Å². The van der Waals surface area contributed by atoms with Gasteiger partial charge >= 0.3 is 0 Å². The zero-order valence-corrected chi connectivity index (χ0v) is 16.3. The van der Waals surface area contributed by atoms with Crippen LogP contribution in [0.25, 0.3) is 40.9 Å². The Balaban J connectivity index is 1.60. The van der Waals surface area contributed by atoms with Gasteiger partial charge in [-0.2, -0.15) is 0 Å². The molecule has 0 radical (unpaired) electrons. The summed E-state index contributed by atoms with van der Waals surface area (Å²) < 4.78 is 2.37. The normalized spacial score (nSPS) is 15.3. The van der Waals surface area contributed by atoms with E-state index in [9.17, 15) is 0 Å². The van der Waals surface area contributed by atoms with Gasteiger partial charge in [-0.25, -0.2) is 4.98 Å². The number of rotatable bonds is 2. The van der Waals surface area contributed by atoms with Crippen molar-refractivity contribution in [3.8, 4) is 0 Å². The van der Waals surface area contributed by atoms with Crippen LogP contribution in [0.5, 0.6) is 0 Å². The second-order valence-corrected chi connectivity index (χ2v) is 7.90. The summed E-state index contributed by atoms with van der Waals surface area (Å²) in [4.78, 5) is 5.06. The molecule has 29 heavy (non-hydrogen) atoms. The van der Waals surface area contributed by atoms with Gasteiger partial charge in [0.2, 0.25) is 0 Å². The smallest absolute Gasteiger partial charge is 0.145 e. The predicted octanol–water partition coefficient (Wildman–Crippen LogP) is 6.58. The van der Waals surface area contributed by atoms with E-state index in [2.05, 4.69) is 89.4 Å². The van der Waals surface area contributed by atoms with Crippen molar-refractivity contribution < 1.29 is 0 Å². The fourth-order valence-electron chi connectivity index (χ4n) is 4.68. The molecule has 0 amide bonds. The highest BCUT2D eigenvalue weighted by atomic mass is 15.0. The summed E-state index contributed by atoms with van der Waals surface area (Å²) in [5, 5.41) is 1.35. The van der Waals surface area contributed by atoms with E-state index >= 15 is 0 Å². The van der Waals surface area contributed by atoms with Crippen molar-refractivity contribution in [2.45, 2.75) is 25.7 Å². The van der Waals surface area contributed by atoms with E-state index in [1.807, 2.05) is 0 Å². The zero-order valence-electron chi connectivity index (χ0n) is 16.3. The number of hydrogen-bond acceptors (Lipinski definition) is 1. The molecule has 0 unspecified atom stereocenters. The van der Waals surface area contributed by atoms with Gasteiger partial charge in [-0.3, -0.25) is 4.40 Å². The number of fused-ring (bicyclic) bond motifs is 8. The Morgan fingerprint density at radius 2 is 1.66 bits per heavy atom. The lowest BCUT2D eigenvalue weighted by Crippen LogP contribution is -2.03. The van der Waals surface area contributed by atoms with Gasteiger partial charge in [0.1, 0.15) is 5.65 Å². The first-order chi connectivity index (χ1) is 14.4. The molecule has 4 aromatic rings. The number of hydrogen-bond donors (Lipinski definition) is 0. The molecule has 0 saturated heterocycles. The van der Waals surface area contributed by atoms with Crippen LogP contribution in [0.3, 0.4) is 0 Å². The fourth-order valence-corrected chi connectivity index (χ4v) is 4.68. The number of aromatic nitrogens is 2. The molecule has 0 atom stereocenters. The molecule has 2 aromatic carbocycles. The minimum atomic E-state index is 1.03. The third kappa shape index (κ3) is 2.67. The van der Waals surface area contributed by atoms with E-state index in [1.54, 1.807) is 0 Å². The number of pyridine rings is 1. The summed E-state index contributed by atoms with van der Waals surface area (Å²) in [5.41, 5.74) is 10.1. The van der Waals surface area contributed by atoms with Gasteiger partial charge in [0.05, 0.1) is 16.9 Å². The first kappa shape index (κ1) is 16.6. The Labute approximate surface area is 170 Å². The molecule has 0 fully saturated rings. The third-order valence-corrected chi connectivity index (χ3v) is 6.08. The summed E-state index contributed by atoms with van der Waals surface area (Å²) in [6, 6.07) is 17.3. The minimum Gasteiger partial charge on any atom is -0.292 e. The summed E-state index contributed by atoms with van der Waals surface area (Å²) in [7, 11) is 0. The number of imidazole rings is 1. The number of benzene rings is 2. The van der Waals surface area contributed by atoms with Gasteiger partial charge < -0.3 is 0 Å². The quantitative estimate of drug-likeness (QED) is 0.362. The lowest BCUT2D eigenvalue weighted by atomic mass is 9.93. The lowest BCUT2D eigenvalue weighted by molar-refractivity contribution is 0.943. The number of aryl methyl sites for hydroxylation is 2. The Bertz CT molecular complexity index is 1330. The van der Waals surface area contributed by atoms with Crippen LogP contribution in [0.1, 0.15) is 46.5 Å². The van der Waals surface area contributed by atoms with Crippen LogP contribution in [0.2, 0.25) is 0 Å². The second-order valence-electron chi connectivity index (χ2n) is 7.90. The molecule has 0 bridgehead atoms. The Morgan fingerprint density at radius 1 is 0.828 bits per heavy atom. The molecule has 0 spiro atoms. The van der Waals surface area contributed by atoms with Crippen molar-refractivity contribution in [1.29, 1.82) is 0 Å². The first-order valence-electron chi connectivity index (χ1n) is 10.4. The maximum Gasteiger partial charge on any atom is 0.145 e. The molecule has 6 rings (SSSR count). The molecule has 140 valence electrons. The molecule has 2 aliphatic rings. The van der Waals surface area contributed by atoms with Crippen LogP contribution in [-0.2, 0) is 12.8 Å². The van der Waals surface area contributed by atoms with Crippen molar-refractivity contribution in [1.82, 2.24) is 9.38 Å². The summed E-state index contributed by atoms with van der Waals surface area (Å²) in [5.74, 6) is 0. The Morgan fingerprint density at radius 3 is 2.59 bits per heavy atom. The summed E-state index contributed by atoms with van der Waals surface area (Å²) >= 11 is 0. The Kier molecular flexibility index (Phi) is 3.76. The molecule has 2 aliphatic carbocycles. The Hall–Kier alpha value is -3.39. The van der Waals surface area contributed by atoms with Gasteiger partial charge in [-0.15, -0.1) is 0 Å². The highest BCUT2D eigenvalue weighted by Crippen LogP contribution is 2.35. The second kappa shape index (κ2) is 6.59. The molecule has 0 aliphatic heterocycles. The van der Waals surface area contributed by atoms with E-state index in [0.29, 0.717) is 0 Å². The van der Waals surface area contributed by atoms with Crippen LogP contribution in [0, 0.1) is 0 Å². The van der Waals surface area contributed by atoms with Crippen LogP contribution in [-0.4, -0.2) is 9.38 Å². The first-order valence-corrected chi connectivity index (χ1v) is 10.4.